The Hall–Kier alpha value is -3.42. The molecule has 4 heterocycles. The maximum Gasteiger partial charge on any atom is 0.261 e. The standard InChI is InChI=1S/C19H19N5O3/c25-17(14-6-7-15(23-18(14)26)16-5-2-11-27-16)22-13-4-1-10-24(12-13)19-20-8-3-9-21-19/h2-3,5-9,11,13H,1,4,10,12H2,(H,22,25)(H,23,26). The van der Waals surface area contributed by atoms with Gasteiger partial charge in [-0.3, -0.25) is 9.59 Å². The highest BCUT2D eigenvalue weighted by molar-refractivity contribution is 5.94. The summed E-state index contributed by atoms with van der Waals surface area (Å²) in [6, 6.07) is 8.37. The van der Waals surface area contributed by atoms with Gasteiger partial charge in [-0.25, -0.2) is 9.97 Å². The fourth-order valence-electron chi connectivity index (χ4n) is 3.22. The summed E-state index contributed by atoms with van der Waals surface area (Å²) in [6.07, 6.45) is 6.68. The van der Waals surface area contributed by atoms with Gasteiger partial charge in [-0.05, 0) is 43.2 Å². The lowest BCUT2D eigenvalue weighted by atomic mass is 10.1. The van der Waals surface area contributed by atoms with Gasteiger partial charge < -0.3 is 19.6 Å². The number of aromatic nitrogens is 3. The molecule has 27 heavy (non-hydrogen) atoms. The molecule has 8 nitrogen and oxygen atoms in total. The predicted octanol–water partition coefficient (Wildman–Crippen LogP) is 1.82. The maximum absolute atomic E-state index is 12.6. The summed E-state index contributed by atoms with van der Waals surface area (Å²) < 4.78 is 5.26. The molecule has 8 heteroatoms. The number of carbonyl (C=O) groups is 1. The minimum absolute atomic E-state index is 0.0702. The Morgan fingerprint density at radius 1 is 1.22 bits per heavy atom. The Kier molecular flexibility index (Phi) is 4.69. The van der Waals surface area contributed by atoms with Crippen molar-refractivity contribution in [2.45, 2.75) is 18.9 Å². The zero-order chi connectivity index (χ0) is 18.6. The van der Waals surface area contributed by atoms with Gasteiger partial charge in [0.2, 0.25) is 5.95 Å². The van der Waals surface area contributed by atoms with Crippen LogP contribution in [0.5, 0.6) is 0 Å². The van der Waals surface area contributed by atoms with E-state index in [2.05, 4.69) is 20.3 Å². The highest BCUT2D eigenvalue weighted by Gasteiger charge is 2.24. The van der Waals surface area contributed by atoms with E-state index in [9.17, 15) is 9.59 Å². The van der Waals surface area contributed by atoms with Gasteiger partial charge in [-0.2, -0.15) is 0 Å². The molecule has 0 saturated carbocycles. The van der Waals surface area contributed by atoms with Gasteiger partial charge in [0.15, 0.2) is 0 Å². The highest BCUT2D eigenvalue weighted by atomic mass is 16.3. The number of carbonyl (C=O) groups excluding carboxylic acids is 1. The smallest absolute Gasteiger partial charge is 0.261 e. The second-order valence-corrected chi connectivity index (χ2v) is 6.40. The first-order chi connectivity index (χ1) is 13.2. The van der Waals surface area contributed by atoms with Crippen molar-refractivity contribution >= 4 is 11.9 Å². The molecule has 1 aliphatic heterocycles. The Morgan fingerprint density at radius 3 is 2.81 bits per heavy atom. The molecule has 1 atom stereocenters. The summed E-state index contributed by atoms with van der Waals surface area (Å²) in [4.78, 5) is 38.1. The van der Waals surface area contributed by atoms with Crippen molar-refractivity contribution in [2.75, 3.05) is 18.0 Å². The van der Waals surface area contributed by atoms with Crippen molar-refractivity contribution in [1.82, 2.24) is 20.3 Å². The van der Waals surface area contributed by atoms with Crippen LogP contribution in [0.25, 0.3) is 11.5 Å². The third kappa shape index (κ3) is 3.74. The number of hydrogen-bond acceptors (Lipinski definition) is 6. The van der Waals surface area contributed by atoms with Crippen molar-refractivity contribution in [1.29, 1.82) is 0 Å². The van der Waals surface area contributed by atoms with Gasteiger partial charge in [0, 0.05) is 31.5 Å². The summed E-state index contributed by atoms with van der Waals surface area (Å²) in [5.74, 6) is 0.810. The molecule has 1 unspecified atom stereocenters. The first-order valence-electron chi connectivity index (χ1n) is 8.81. The molecule has 2 N–H and O–H groups in total. The van der Waals surface area contributed by atoms with Gasteiger partial charge in [0.05, 0.1) is 12.0 Å². The average Bonchev–Trinajstić information content (AvgIpc) is 3.23. The first kappa shape index (κ1) is 17.0. The number of nitrogens with zero attached hydrogens (tertiary/aromatic N) is 3. The number of amides is 1. The Labute approximate surface area is 155 Å². The van der Waals surface area contributed by atoms with Crippen molar-refractivity contribution in [2.24, 2.45) is 0 Å². The second kappa shape index (κ2) is 7.45. The Morgan fingerprint density at radius 2 is 2.07 bits per heavy atom. The summed E-state index contributed by atoms with van der Waals surface area (Å²) >= 11 is 0. The van der Waals surface area contributed by atoms with Crippen LogP contribution in [0.2, 0.25) is 0 Å². The van der Waals surface area contributed by atoms with Crippen LogP contribution in [0.1, 0.15) is 23.2 Å². The molecule has 4 rings (SSSR count). The maximum atomic E-state index is 12.6. The lowest BCUT2D eigenvalue weighted by molar-refractivity contribution is 0.0931. The number of nitrogens with one attached hydrogen (secondary N) is 2. The van der Waals surface area contributed by atoms with Gasteiger partial charge in [0.25, 0.3) is 11.5 Å². The lowest BCUT2D eigenvalue weighted by Crippen LogP contribution is -2.49. The summed E-state index contributed by atoms with van der Waals surface area (Å²) in [5, 5.41) is 2.95. The van der Waals surface area contributed by atoms with Crippen LogP contribution in [0.3, 0.4) is 0 Å². The molecular formula is C19H19N5O3. The van der Waals surface area contributed by atoms with E-state index < -0.39 is 5.56 Å². The van der Waals surface area contributed by atoms with Gasteiger partial charge >= 0.3 is 0 Å². The lowest BCUT2D eigenvalue weighted by Gasteiger charge is -2.33. The SMILES string of the molecule is O=C(NC1CCCN(c2ncccn2)C1)c1ccc(-c2ccco2)[nH]c1=O. The zero-order valence-electron chi connectivity index (χ0n) is 14.6. The molecule has 1 saturated heterocycles. The molecule has 1 amide bonds. The zero-order valence-corrected chi connectivity index (χ0v) is 14.6. The van der Waals surface area contributed by atoms with Crippen molar-refractivity contribution in [3.63, 3.8) is 0 Å². The van der Waals surface area contributed by atoms with Gasteiger partial charge in [0.1, 0.15) is 11.3 Å². The van der Waals surface area contributed by atoms with E-state index in [1.165, 1.54) is 12.3 Å². The average molecular weight is 365 g/mol. The van der Waals surface area contributed by atoms with Crippen LogP contribution < -0.4 is 15.8 Å². The first-order valence-corrected chi connectivity index (χ1v) is 8.81. The minimum Gasteiger partial charge on any atom is -0.463 e. The highest BCUT2D eigenvalue weighted by Crippen LogP contribution is 2.17. The molecule has 3 aromatic rings. The van der Waals surface area contributed by atoms with E-state index in [0.29, 0.717) is 23.9 Å². The Balaban J connectivity index is 1.45. The van der Waals surface area contributed by atoms with E-state index in [4.69, 9.17) is 4.42 Å². The number of H-pyrrole nitrogens is 1. The van der Waals surface area contributed by atoms with Gasteiger partial charge in [-0.1, -0.05) is 0 Å². The quantitative estimate of drug-likeness (QED) is 0.731. The van der Waals surface area contributed by atoms with Crippen molar-refractivity contribution < 1.29 is 9.21 Å². The molecule has 0 aromatic carbocycles. The molecule has 1 fully saturated rings. The predicted molar refractivity (Wildman–Crippen MR) is 99.5 cm³/mol. The number of aromatic amines is 1. The van der Waals surface area contributed by atoms with Crippen LogP contribution in [0.4, 0.5) is 5.95 Å². The van der Waals surface area contributed by atoms with E-state index in [1.807, 2.05) is 4.90 Å². The van der Waals surface area contributed by atoms with Gasteiger partial charge in [-0.15, -0.1) is 0 Å². The number of piperidine rings is 1. The number of furan rings is 1. The fourth-order valence-corrected chi connectivity index (χ4v) is 3.22. The molecule has 138 valence electrons. The van der Waals surface area contributed by atoms with Crippen LogP contribution in [-0.4, -0.2) is 40.0 Å². The Bertz CT molecular complexity index is 969. The van der Waals surface area contributed by atoms with Crippen molar-refractivity contribution in [3.05, 3.63) is 64.9 Å². The molecule has 0 spiro atoms. The summed E-state index contributed by atoms with van der Waals surface area (Å²) in [6.45, 7) is 1.45. The molecule has 1 aliphatic rings. The molecule has 0 aliphatic carbocycles. The third-order valence-corrected chi connectivity index (χ3v) is 4.53. The monoisotopic (exact) mass is 365 g/mol. The second-order valence-electron chi connectivity index (χ2n) is 6.40. The number of hydrogen-bond donors (Lipinski definition) is 2. The van der Waals surface area contributed by atoms with Crippen LogP contribution in [-0.2, 0) is 0 Å². The largest absolute Gasteiger partial charge is 0.463 e. The number of anilines is 1. The van der Waals surface area contributed by atoms with Crippen LogP contribution >= 0.6 is 0 Å². The van der Waals surface area contributed by atoms with E-state index in [0.717, 1.165) is 19.4 Å². The molecule has 3 aromatic heterocycles. The van der Waals surface area contributed by atoms with Crippen molar-refractivity contribution in [3.8, 4) is 11.5 Å². The van der Waals surface area contributed by atoms with Crippen LogP contribution in [0, 0.1) is 0 Å². The normalized spacial score (nSPS) is 16.9. The summed E-state index contributed by atoms with van der Waals surface area (Å²) in [5.41, 5.74) is 0.172. The number of rotatable bonds is 4. The minimum atomic E-state index is -0.444. The summed E-state index contributed by atoms with van der Waals surface area (Å²) in [7, 11) is 0. The third-order valence-electron chi connectivity index (χ3n) is 4.53. The van der Waals surface area contributed by atoms with Crippen LogP contribution in [0.15, 0.2) is 58.2 Å². The molecule has 0 bridgehead atoms. The fraction of sp³-hybridized carbons (Fsp3) is 0.263. The molecule has 0 radical (unpaired) electrons. The molecular weight excluding hydrogens is 346 g/mol. The number of pyridine rings is 1. The topological polar surface area (TPSA) is 104 Å². The van der Waals surface area contributed by atoms with E-state index in [-0.39, 0.29) is 17.5 Å². The van der Waals surface area contributed by atoms with E-state index >= 15 is 0 Å². The van der Waals surface area contributed by atoms with E-state index in [1.54, 1.807) is 36.7 Å².